The fourth-order valence-electron chi connectivity index (χ4n) is 0.322. The van der Waals surface area contributed by atoms with Crippen molar-refractivity contribution in [3.8, 4) is 0 Å². The first-order chi connectivity index (χ1) is 4.22. The van der Waals surface area contributed by atoms with E-state index in [0.717, 1.165) is 0 Å². The van der Waals surface area contributed by atoms with Gasteiger partial charge in [0, 0.05) is 0 Å². The first kappa shape index (κ1) is 7.94. The number of carbonyl (C=O) groups excluding carboxylic acids is 1. The van der Waals surface area contributed by atoms with Gasteiger partial charge in [-0.05, 0) is 6.92 Å². The molecule has 0 aromatic carbocycles. The molecule has 4 nitrogen and oxygen atoms in total. The summed E-state index contributed by atoms with van der Waals surface area (Å²) in [5.41, 5.74) is 0.208. The quantitative estimate of drug-likeness (QED) is 0.305. The number of esters is 1. The molecule has 0 fully saturated rings. The summed E-state index contributed by atoms with van der Waals surface area (Å²) in [6.45, 7) is 1.51. The van der Waals surface area contributed by atoms with E-state index in [0.29, 0.717) is 0 Å². The lowest BCUT2D eigenvalue weighted by Gasteiger charge is -1.94. The van der Waals surface area contributed by atoms with Crippen molar-refractivity contribution in [3.63, 3.8) is 0 Å². The van der Waals surface area contributed by atoms with Crippen LogP contribution in [-0.4, -0.2) is 25.9 Å². The monoisotopic (exact) mass is 131 g/mol. The van der Waals surface area contributed by atoms with Crippen molar-refractivity contribution in [2.45, 2.75) is 6.92 Å². The molecule has 0 spiro atoms. The van der Waals surface area contributed by atoms with E-state index in [2.05, 4.69) is 14.7 Å². The molecular formula is C5H9NO3. The molecule has 0 aliphatic heterocycles. The highest BCUT2D eigenvalue weighted by Gasteiger charge is 2.03. The Kier molecular flexibility index (Phi) is 3.43. The minimum atomic E-state index is -0.475. The van der Waals surface area contributed by atoms with Gasteiger partial charge in [0.2, 0.25) is 0 Å². The van der Waals surface area contributed by atoms with Gasteiger partial charge in [-0.1, -0.05) is 5.16 Å². The summed E-state index contributed by atoms with van der Waals surface area (Å²) in [7, 11) is 2.66. The normalized spacial score (nSPS) is 10.8. The van der Waals surface area contributed by atoms with E-state index in [-0.39, 0.29) is 5.71 Å². The van der Waals surface area contributed by atoms with Gasteiger partial charge in [0.15, 0.2) is 5.71 Å². The van der Waals surface area contributed by atoms with Gasteiger partial charge in [-0.25, -0.2) is 4.79 Å². The van der Waals surface area contributed by atoms with Crippen LogP contribution in [0.15, 0.2) is 5.16 Å². The Labute approximate surface area is 53.4 Å². The highest BCUT2D eigenvalue weighted by Crippen LogP contribution is 1.81. The Morgan fingerprint density at radius 2 is 2.00 bits per heavy atom. The van der Waals surface area contributed by atoms with Crippen molar-refractivity contribution in [1.82, 2.24) is 0 Å². The van der Waals surface area contributed by atoms with E-state index in [4.69, 9.17) is 0 Å². The molecule has 0 atom stereocenters. The van der Waals surface area contributed by atoms with Gasteiger partial charge < -0.3 is 9.57 Å². The number of oxime groups is 1. The summed E-state index contributed by atoms with van der Waals surface area (Å²) in [5.74, 6) is -0.475. The predicted octanol–water partition coefficient (Wildman–Crippen LogP) is 0.182. The number of carbonyl (C=O) groups is 1. The Balaban J connectivity index is 3.86. The second kappa shape index (κ2) is 3.88. The standard InChI is InChI=1S/C5H9NO3/c1-4(6-9-3)5(7)8-2/h1-3H3. The van der Waals surface area contributed by atoms with Crippen molar-refractivity contribution >= 4 is 11.7 Å². The summed E-state index contributed by atoms with van der Waals surface area (Å²) < 4.78 is 4.31. The number of nitrogens with zero attached hydrogens (tertiary/aromatic N) is 1. The van der Waals surface area contributed by atoms with E-state index in [1.54, 1.807) is 0 Å². The summed E-state index contributed by atoms with van der Waals surface area (Å²) in [6.07, 6.45) is 0. The van der Waals surface area contributed by atoms with E-state index in [9.17, 15) is 4.79 Å². The van der Waals surface area contributed by atoms with Crippen LogP contribution in [0, 0.1) is 0 Å². The van der Waals surface area contributed by atoms with Crippen LogP contribution in [0.2, 0.25) is 0 Å². The molecule has 0 aromatic rings. The Bertz CT molecular complexity index is 130. The van der Waals surface area contributed by atoms with E-state index < -0.39 is 5.97 Å². The van der Waals surface area contributed by atoms with E-state index in [1.807, 2.05) is 0 Å². The SMILES string of the molecule is CON=C(C)C(=O)OC. The van der Waals surface area contributed by atoms with Crippen LogP contribution in [0.25, 0.3) is 0 Å². The van der Waals surface area contributed by atoms with Gasteiger partial charge >= 0.3 is 5.97 Å². The summed E-state index contributed by atoms with van der Waals surface area (Å²) in [6, 6.07) is 0. The largest absolute Gasteiger partial charge is 0.464 e. The summed E-state index contributed by atoms with van der Waals surface area (Å²) >= 11 is 0. The number of hydrogen-bond acceptors (Lipinski definition) is 4. The molecule has 52 valence electrons. The third-order valence-corrected chi connectivity index (χ3v) is 0.709. The molecule has 0 heterocycles. The van der Waals surface area contributed by atoms with Crippen molar-refractivity contribution in [1.29, 1.82) is 0 Å². The first-order valence-corrected chi connectivity index (χ1v) is 2.38. The minimum absolute atomic E-state index is 0.208. The van der Waals surface area contributed by atoms with Crippen molar-refractivity contribution in [3.05, 3.63) is 0 Å². The zero-order valence-electron chi connectivity index (χ0n) is 5.67. The number of ether oxygens (including phenoxy) is 1. The molecule has 4 heteroatoms. The molecule has 0 aliphatic carbocycles. The maximum absolute atomic E-state index is 10.5. The average Bonchev–Trinajstić information content (AvgIpc) is 1.87. The second-order valence-electron chi connectivity index (χ2n) is 1.35. The summed E-state index contributed by atoms with van der Waals surface area (Å²) in [4.78, 5) is 14.8. The molecule has 0 saturated heterocycles. The molecule has 0 amide bonds. The smallest absolute Gasteiger partial charge is 0.355 e. The molecule has 0 aromatic heterocycles. The lowest BCUT2D eigenvalue weighted by molar-refractivity contribution is -0.132. The van der Waals surface area contributed by atoms with Crippen LogP contribution in [0.3, 0.4) is 0 Å². The van der Waals surface area contributed by atoms with Gasteiger partial charge in [-0.3, -0.25) is 0 Å². The van der Waals surface area contributed by atoms with Crippen LogP contribution < -0.4 is 0 Å². The molecule has 0 rings (SSSR count). The van der Waals surface area contributed by atoms with E-state index >= 15 is 0 Å². The molecule has 0 unspecified atom stereocenters. The Morgan fingerprint density at radius 3 is 2.33 bits per heavy atom. The van der Waals surface area contributed by atoms with Gasteiger partial charge in [-0.2, -0.15) is 0 Å². The highest BCUT2D eigenvalue weighted by molar-refractivity contribution is 6.35. The molecular weight excluding hydrogens is 122 g/mol. The van der Waals surface area contributed by atoms with Crippen LogP contribution in [0.4, 0.5) is 0 Å². The second-order valence-corrected chi connectivity index (χ2v) is 1.35. The molecule has 0 saturated carbocycles. The summed E-state index contributed by atoms with van der Waals surface area (Å²) in [5, 5.41) is 3.34. The average molecular weight is 131 g/mol. The zero-order valence-corrected chi connectivity index (χ0v) is 5.67. The first-order valence-electron chi connectivity index (χ1n) is 2.38. The van der Waals surface area contributed by atoms with Crippen LogP contribution in [0.5, 0.6) is 0 Å². The van der Waals surface area contributed by atoms with Crippen molar-refractivity contribution in [2.75, 3.05) is 14.2 Å². The fourth-order valence-corrected chi connectivity index (χ4v) is 0.322. The van der Waals surface area contributed by atoms with Crippen LogP contribution in [0.1, 0.15) is 6.92 Å². The topological polar surface area (TPSA) is 47.9 Å². The number of hydrogen-bond donors (Lipinski definition) is 0. The Hall–Kier alpha value is -1.06. The number of rotatable bonds is 2. The predicted molar refractivity (Wildman–Crippen MR) is 32.1 cm³/mol. The molecule has 0 bridgehead atoms. The zero-order chi connectivity index (χ0) is 7.28. The molecule has 9 heavy (non-hydrogen) atoms. The van der Waals surface area contributed by atoms with Crippen LogP contribution >= 0.6 is 0 Å². The number of methoxy groups -OCH3 is 1. The fraction of sp³-hybridized carbons (Fsp3) is 0.600. The lowest BCUT2D eigenvalue weighted by atomic mass is 10.4. The van der Waals surface area contributed by atoms with Gasteiger partial charge in [0.1, 0.15) is 7.11 Å². The van der Waals surface area contributed by atoms with Gasteiger partial charge in [-0.15, -0.1) is 0 Å². The third-order valence-electron chi connectivity index (χ3n) is 0.709. The van der Waals surface area contributed by atoms with Gasteiger partial charge in [0.05, 0.1) is 7.11 Å². The highest BCUT2D eigenvalue weighted by atomic mass is 16.6. The maximum atomic E-state index is 10.5. The van der Waals surface area contributed by atoms with Crippen molar-refractivity contribution < 1.29 is 14.4 Å². The molecule has 0 aliphatic rings. The molecule has 0 N–H and O–H groups in total. The Morgan fingerprint density at radius 1 is 1.44 bits per heavy atom. The van der Waals surface area contributed by atoms with Crippen molar-refractivity contribution in [2.24, 2.45) is 5.16 Å². The third kappa shape index (κ3) is 2.69. The van der Waals surface area contributed by atoms with E-state index in [1.165, 1.54) is 21.1 Å². The molecule has 0 radical (unpaired) electrons. The maximum Gasteiger partial charge on any atom is 0.355 e. The minimum Gasteiger partial charge on any atom is -0.464 e. The van der Waals surface area contributed by atoms with Crippen LogP contribution in [-0.2, 0) is 14.4 Å². The lowest BCUT2D eigenvalue weighted by Crippen LogP contribution is -2.11. The van der Waals surface area contributed by atoms with Gasteiger partial charge in [0.25, 0.3) is 0 Å².